The molecule has 5 nitrogen and oxygen atoms in total. The molecule has 12 rings (SSSR count). The summed E-state index contributed by atoms with van der Waals surface area (Å²) in [5, 5.41) is 1.12. The van der Waals surface area contributed by atoms with E-state index < -0.39 is 0 Å². The number of hydrogen-bond acceptors (Lipinski definition) is 3. The van der Waals surface area contributed by atoms with Crippen LogP contribution in [0.5, 0.6) is 0 Å². The summed E-state index contributed by atoms with van der Waals surface area (Å²) in [5.74, 6) is 0. The fourth-order valence-corrected chi connectivity index (χ4v) is 11.2. The molecule has 0 fully saturated rings. The first-order valence-corrected chi connectivity index (χ1v) is 19.2. The molecule has 0 N–H and O–H groups in total. The SMILES string of the molecule is CC1(C)c2cccc3c2B2c4c1cccc4C(C)(C)c1c(-n4c5ccc(-n6c7cccnc7c7ncccc76)cc5c5ncccc54)ccc(c12)C3(C)C. The Balaban J connectivity index is 1.18. The first-order valence-electron chi connectivity index (χ1n) is 19.2. The first kappa shape index (κ1) is 30.5. The van der Waals surface area contributed by atoms with Crippen LogP contribution in [0, 0.1) is 0 Å². The monoisotopic (exact) mass is 695 g/mol. The maximum atomic E-state index is 5.08. The maximum Gasteiger partial charge on any atom is 0.243 e. The van der Waals surface area contributed by atoms with Gasteiger partial charge in [-0.1, -0.05) is 100 Å². The summed E-state index contributed by atoms with van der Waals surface area (Å²) < 4.78 is 4.79. The molecule has 6 heteroatoms. The Hall–Kier alpha value is -6.01. The number of rotatable bonds is 2. The number of hydrogen-bond donors (Lipinski definition) is 0. The Morgan fingerprint density at radius 3 is 1.52 bits per heavy atom. The van der Waals surface area contributed by atoms with E-state index in [4.69, 9.17) is 15.0 Å². The highest BCUT2D eigenvalue weighted by molar-refractivity contribution is 6.98. The van der Waals surface area contributed by atoms with E-state index in [1.165, 1.54) is 55.5 Å². The Kier molecular flexibility index (Phi) is 5.50. The van der Waals surface area contributed by atoms with Gasteiger partial charge in [0.15, 0.2) is 0 Å². The van der Waals surface area contributed by atoms with Crippen molar-refractivity contribution in [2.24, 2.45) is 0 Å². The van der Waals surface area contributed by atoms with Gasteiger partial charge >= 0.3 is 0 Å². The molecule has 9 aromatic rings. The van der Waals surface area contributed by atoms with Crippen LogP contribution in [-0.4, -0.2) is 30.8 Å². The highest BCUT2D eigenvalue weighted by Crippen LogP contribution is 2.48. The van der Waals surface area contributed by atoms with Gasteiger partial charge in [0.2, 0.25) is 6.71 Å². The summed E-state index contributed by atoms with van der Waals surface area (Å²) in [6.45, 7) is 14.9. The average molecular weight is 696 g/mol. The van der Waals surface area contributed by atoms with Crippen molar-refractivity contribution in [2.45, 2.75) is 57.8 Å². The zero-order valence-corrected chi connectivity index (χ0v) is 31.4. The predicted octanol–water partition coefficient (Wildman–Crippen LogP) is 8.50. The third-order valence-electron chi connectivity index (χ3n) is 13.6. The molecule has 0 bridgehead atoms. The molecular formula is C48H38BN5. The van der Waals surface area contributed by atoms with E-state index in [9.17, 15) is 0 Å². The van der Waals surface area contributed by atoms with Gasteiger partial charge in [-0.15, -0.1) is 0 Å². The maximum absolute atomic E-state index is 5.08. The van der Waals surface area contributed by atoms with E-state index in [0.29, 0.717) is 0 Å². The molecule has 4 aromatic carbocycles. The molecule has 0 spiro atoms. The zero-order chi connectivity index (χ0) is 36.5. The van der Waals surface area contributed by atoms with Crippen LogP contribution in [0.2, 0.25) is 0 Å². The van der Waals surface area contributed by atoms with E-state index in [1.807, 2.05) is 30.7 Å². The molecule has 3 aliphatic heterocycles. The number of aromatic nitrogens is 5. The second-order valence-corrected chi connectivity index (χ2v) is 17.2. The smallest absolute Gasteiger partial charge is 0.243 e. The molecule has 258 valence electrons. The molecule has 0 unspecified atom stereocenters. The standard InChI is InChI=1S/C48H38BN5/c1-46(2)29-12-7-13-30-40(29)49-41-31(46)14-8-15-32(41)48(5,6)39-35(22-20-33(42(39)49)47(30,3)4)54-34-21-19-27(26-28(34)43-36(54)16-9-23-50-43)53-37-17-10-24-51-44(37)45-38(53)18-11-25-52-45/h7-26H,1-6H3. The van der Waals surface area contributed by atoms with Crippen LogP contribution in [0.15, 0.2) is 122 Å². The van der Waals surface area contributed by atoms with Gasteiger partial charge in [-0.2, -0.15) is 0 Å². The second kappa shape index (κ2) is 9.75. The molecule has 5 aromatic heterocycles. The lowest BCUT2D eigenvalue weighted by Gasteiger charge is -2.52. The lowest BCUT2D eigenvalue weighted by atomic mass is 9.23. The normalized spacial score (nSPS) is 16.7. The van der Waals surface area contributed by atoms with Gasteiger partial charge in [-0.05, 0) is 94.0 Å². The van der Waals surface area contributed by atoms with Crippen molar-refractivity contribution in [1.29, 1.82) is 0 Å². The Labute approximate surface area is 314 Å². The van der Waals surface area contributed by atoms with Crippen LogP contribution in [0.25, 0.3) is 55.4 Å². The fraction of sp³-hybridized carbons (Fsp3) is 0.188. The van der Waals surface area contributed by atoms with Gasteiger partial charge in [-0.3, -0.25) is 15.0 Å². The lowest BCUT2D eigenvalue weighted by Crippen LogP contribution is -2.71. The van der Waals surface area contributed by atoms with Crippen molar-refractivity contribution in [3.05, 3.63) is 155 Å². The number of fused-ring (bicyclic) bond motifs is 6. The molecule has 0 radical (unpaired) electrons. The summed E-state index contributed by atoms with van der Waals surface area (Å²) in [6, 6.07) is 38.5. The van der Waals surface area contributed by atoms with Gasteiger partial charge < -0.3 is 9.13 Å². The molecule has 0 saturated carbocycles. The third kappa shape index (κ3) is 3.42. The van der Waals surface area contributed by atoms with Gasteiger partial charge in [0, 0.05) is 51.6 Å². The minimum absolute atomic E-state index is 0.0926. The van der Waals surface area contributed by atoms with Crippen molar-refractivity contribution < 1.29 is 0 Å². The van der Waals surface area contributed by atoms with Gasteiger partial charge in [-0.25, -0.2) is 0 Å². The molecular weight excluding hydrogens is 657 g/mol. The van der Waals surface area contributed by atoms with E-state index in [2.05, 4.69) is 142 Å². The fourth-order valence-electron chi connectivity index (χ4n) is 11.2. The summed E-state index contributed by atoms with van der Waals surface area (Å²) >= 11 is 0. The first-order chi connectivity index (χ1) is 26.1. The molecule has 0 saturated heterocycles. The van der Waals surface area contributed by atoms with Gasteiger partial charge in [0.05, 0.1) is 27.6 Å². The Morgan fingerprint density at radius 1 is 0.444 bits per heavy atom. The summed E-state index contributed by atoms with van der Waals surface area (Å²) in [6.07, 6.45) is 5.63. The molecule has 54 heavy (non-hydrogen) atoms. The number of pyridine rings is 3. The van der Waals surface area contributed by atoms with Crippen molar-refractivity contribution in [2.75, 3.05) is 0 Å². The lowest BCUT2D eigenvalue weighted by molar-refractivity contribution is 0.598. The minimum atomic E-state index is -0.257. The molecule has 8 heterocycles. The van der Waals surface area contributed by atoms with Crippen molar-refractivity contribution in [3.63, 3.8) is 0 Å². The predicted molar refractivity (Wildman–Crippen MR) is 222 cm³/mol. The molecule has 0 atom stereocenters. The van der Waals surface area contributed by atoms with Gasteiger partial charge in [0.1, 0.15) is 11.0 Å². The van der Waals surface area contributed by atoms with E-state index in [-0.39, 0.29) is 23.0 Å². The minimum Gasteiger partial charge on any atom is -0.307 e. The zero-order valence-electron chi connectivity index (χ0n) is 31.4. The van der Waals surface area contributed by atoms with Crippen molar-refractivity contribution in [3.8, 4) is 11.4 Å². The van der Waals surface area contributed by atoms with Crippen LogP contribution in [0.1, 0.15) is 74.9 Å². The van der Waals surface area contributed by atoms with Crippen molar-refractivity contribution in [1.82, 2.24) is 24.1 Å². The molecule has 0 aliphatic carbocycles. The highest BCUT2D eigenvalue weighted by Gasteiger charge is 2.54. The Morgan fingerprint density at radius 2 is 0.944 bits per heavy atom. The van der Waals surface area contributed by atoms with E-state index >= 15 is 0 Å². The quantitative estimate of drug-likeness (QED) is 0.171. The molecule has 0 amide bonds. The van der Waals surface area contributed by atoms with Crippen LogP contribution >= 0.6 is 0 Å². The van der Waals surface area contributed by atoms with Gasteiger partial charge in [0.25, 0.3) is 0 Å². The van der Waals surface area contributed by atoms with Crippen LogP contribution in [-0.2, 0) is 16.2 Å². The number of benzene rings is 4. The summed E-state index contributed by atoms with van der Waals surface area (Å²) in [7, 11) is 0. The number of nitrogens with zero attached hydrogens (tertiary/aromatic N) is 5. The van der Waals surface area contributed by atoms with Crippen LogP contribution < -0.4 is 16.4 Å². The Bertz CT molecular complexity index is 3070. The third-order valence-corrected chi connectivity index (χ3v) is 13.6. The topological polar surface area (TPSA) is 48.5 Å². The van der Waals surface area contributed by atoms with E-state index in [0.717, 1.165) is 49.7 Å². The summed E-state index contributed by atoms with van der Waals surface area (Å²) in [5.41, 5.74) is 22.2. The van der Waals surface area contributed by atoms with Crippen molar-refractivity contribution >= 4 is 67.1 Å². The average Bonchev–Trinajstić information content (AvgIpc) is 3.69. The molecule has 3 aliphatic rings. The largest absolute Gasteiger partial charge is 0.307 e. The van der Waals surface area contributed by atoms with E-state index in [1.54, 1.807) is 0 Å². The summed E-state index contributed by atoms with van der Waals surface area (Å²) in [4.78, 5) is 14.6. The second-order valence-electron chi connectivity index (χ2n) is 17.2. The van der Waals surface area contributed by atoms with Crippen LogP contribution in [0.4, 0.5) is 0 Å². The highest BCUT2D eigenvalue weighted by atomic mass is 15.0. The van der Waals surface area contributed by atoms with Crippen LogP contribution in [0.3, 0.4) is 0 Å².